The molecule has 2 aromatic rings. The predicted molar refractivity (Wildman–Crippen MR) is 97.7 cm³/mol. The van der Waals surface area contributed by atoms with Gasteiger partial charge in [-0.25, -0.2) is 0 Å². The number of ether oxygens (including phenoxy) is 5. The third kappa shape index (κ3) is 3.93. The fraction of sp³-hybridized carbons (Fsp3) is 0.316. The van der Waals surface area contributed by atoms with Crippen molar-refractivity contribution >= 4 is 5.71 Å². The third-order valence-corrected chi connectivity index (χ3v) is 3.93. The summed E-state index contributed by atoms with van der Waals surface area (Å²) in [7, 11) is 7.77. The molecule has 0 bridgehead atoms. The largest absolute Gasteiger partial charge is 0.493 e. The van der Waals surface area contributed by atoms with E-state index in [2.05, 4.69) is 5.16 Å². The molecule has 0 saturated heterocycles. The van der Waals surface area contributed by atoms with Crippen molar-refractivity contribution in [3.05, 3.63) is 41.5 Å². The molecule has 0 unspecified atom stereocenters. The van der Waals surface area contributed by atoms with E-state index in [0.717, 1.165) is 5.56 Å². The first-order valence-corrected chi connectivity index (χ1v) is 7.84. The van der Waals surface area contributed by atoms with Crippen molar-refractivity contribution in [3.63, 3.8) is 0 Å². The van der Waals surface area contributed by atoms with Gasteiger partial charge in [0.25, 0.3) is 0 Å². The molecule has 0 radical (unpaired) electrons. The van der Waals surface area contributed by atoms with Gasteiger partial charge in [0.05, 0.1) is 41.3 Å². The van der Waals surface area contributed by atoms with Crippen molar-refractivity contribution < 1.29 is 28.9 Å². The van der Waals surface area contributed by atoms with Crippen LogP contribution >= 0.6 is 0 Å². The molecular formula is C19H23NO6. The first-order valence-electron chi connectivity index (χ1n) is 7.84. The third-order valence-electron chi connectivity index (χ3n) is 3.93. The van der Waals surface area contributed by atoms with Gasteiger partial charge in [0, 0.05) is 12.0 Å². The molecule has 0 fully saturated rings. The van der Waals surface area contributed by atoms with Gasteiger partial charge in [-0.3, -0.25) is 0 Å². The first-order chi connectivity index (χ1) is 12.6. The van der Waals surface area contributed by atoms with Crippen molar-refractivity contribution in [1.82, 2.24) is 0 Å². The fourth-order valence-electron chi connectivity index (χ4n) is 2.64. The van der Waals surface area contributed by atoms with E-state index in [0.29, 0.717) is 46.4 Å². The molecule has 2 rings (SSSR count). The number of hydrogen-bond acceptors (Lipinski definition) is 7. The topological polar surface area (TPSA) is 78.7 Å². The van der Waals surface area contributed by atoms with Crippen LogP contribution in [0.4, 0.5) is 0 Å². The Morgan fingerprint density at radius 1 is 0.769 bits per heavy atom. The molecule has 140 valence electrons. The molecule has 0 aromatic heterocycles. The van der Waals surface area contributed by atoms with E-state index < -0.39 is 0 Å². The van der Waals surface area contributed by atoms with Crippen molar-refractivity contribution in [2.75, 3.05) is 35.5 Å². The zero-order valence-electron chi connectivity index (χ0n) is 15.5. The second kappa shape index (κ2) is 8.84. The molecule has 0 atom stereocenters. The smallest absolute Gasteiger partial charge is 0.203 e. The highest BCUT2D eigenvalue weighted by Gasteiger charge is 2.16. The second-order valence-corrected chi connectivity index (χ2v) is 5.33. The van der Waals surface area contributed by atoms with E-state index in [9.17, 15) is 5.21 Å². The molecule has 2 aromatic carbocycles. The summed E-state index contributed by atoms with van der Waals surface area (Å²) < 4.78 is 26.6. The van der Waals surface area contributed by atoms with Crippen LogP contribution in [-0.4, -0.2) is 46.5 Å². The summed E-state index contributed by atoms with van der Waals surface area (Å²) >= 11 is 0. The summed E-state index contributed by atoms with van der Waals surface area (Å²) in [5.74, 6) is 2.72. The lowest BCUT2D eigenvalue weighted by Gasteiger charge is -2.15. The molecule has 0 aliphatic carbocycles. The molecule has 0 saturated carbocycles. The summed E-state index contributed by atoms with van der Waals surface area (Å²) in [6.07, 6.45) is 0.350. The normalized spacial score (nSPS) is 11.0. The lowest BCUT2D eigenvalue weighted by Crippen LogP contribution is -2.07. The number of oxime groups is 1. The van der Waals surface area contributed by atoms with Crippen LogP contribution in [0.25, 0.3) is 0 Å². The van der Waals surface area contributed by atoms with Crippen LogP contribution in [0.1, 0.15) is 11.1 Å². The van der Waals surface area contributed by atoms with E-state index in [1.54, 1.807) is 53.7 Å². The average Bonchev–Trinajstić information content (AvgIpc) is 2.70. The van der Waals surface area contributed by atoms with Crippen LogP contribution in [0.3, 0.4) is 0 Å². The van der Waals surface area contributed by atoms with Gasteiger partial charge in [-0.2, -0.15) is 0 Å². The van der Waals surface area contributed by atoms with E-state index >= 15 is 0 Å². The average molecular weight is 361 g/mol. The molecule has 0 heterocycles. The summed E-state index contributed by atoms with van der Waals surface area (Å²) in [6, 6.07) is 8.94. The molecule has 1 N–H and O–H groups in total. The van der Waals surface area contributed by atoms with Crippen LogP contribution in [-0.2, 0) is 6.42 Å². The van der Waals surface area contributed by atoms with Crippen LogP contribution in [0, 0.1) is 0 Å². The Labute approximate surface area is 152 Å². The molecule has 0 aliphatic heterocycles. The van der Waals surface area contributed by atoms with Crippen molar-refractivity contribution in [2.45, 2.75) is 6.42 Å². The van der Waals surface area contributed by atoms with Crippen LogP contribution in [0.5, 0.6) is 28.7 Å². The van der Waals surface area contributed by atoms with E-state index in [4.69, 9.17) is 23.7 Å². The Kier molecular flexibility index (Phi) is 6.54. The monoisotopic (exact) mass is 361 g/mol. The zero-order valence-corrected chi connectivity index (χ0v) is 15.5. The van der Waals surface area contributed by atoms with E-state index in [1.165, 1.54) is 0 Å². The number of benzene rings is 2. The zero-order chi connectivity index (χ0) is 19.1. The molecule has 0 aliphatic rings. The SMILES string of the molecule is COc1ccc(C(Cc2cc(OC)c(OC)c(OC)c2)=NO)cc1OC. The standard InChI is InChI=1S/C19H23NO6/c1-22-15-7-6-13(11-16(15)23-2)14(20-21)8-12-9-17(24-3)19(26-5)18(10-12)25-4/h6-7,9-11,21H,8H2,1-5H3. The second-order valence-electron chi connectivity index (χ2n) is 5.33. The summed E-state index contributed by atoms with van der Waals surface area (Å²) in [4.78, 5) is 0. The Balaban J connectivity index is 2.39. The predicted octanol–water partition coefficient (Wildman–Crippen LogP) is 3.15. The maximum absolute atomic E-state index is 9.51. The van der Waals surface area contributed by atoms with Gasteiger partial charge >= 0.3 is 0 Å². The minimum Gasteiger partial charge on any atom is -0.493 e. The lowest BCUT2D eigenvalue weighted by molar-refractivity contribution is 0.318. The fourth-order valence-corrected chi connectivity index (χ4v) is 2.64. The number of hydrogen-bond donors (Lipinski definition) is 1. The quantitative estimate of drug-likeness (QED) is 0.442. The van der Waals surface area contributed by atoms with Crippen LogP contribution in [0.15, 0.2) is 35.5 Å². The van der Waals surface area contributed by atoms with Gasteiger partial charge in [0.15, 0.2) is 23.0 Å². The highest BCUT2D eigenvalue weighted by molar-refractivity contribution is 6.02. The molecular weight excluding hydrogens is 338 g/mol. The Morgan fingerprint density at radius 3 is 1.81 bits per heavy atom. The summed E-state index contributed by atoms with van der Waals surface area (Å²) in [5, 5.41) is 13.0. The maximum Gasteiger partial charge on any atom is 0.203 e. The summed E-state index contributed by atoms with van der Waals surface area (Å²) in [5.41, 5.74) is 2.00. The van der Waals surface area contributed by atoms with Crippen LogP contribution < -0.4 is 23.7 Å². The van der Waals surface area contributed by atoms with Gasteiger partial charge < -0.3 is 28.9 Å². The van der Waals surface area contributed by atoms with E-state index in [1.807, 2.05) is 12.1 Å². The number of methoxy groups -OCH3 is 5. The van der Waals surface area contributed by atoms with Gasteiger partial charge in [-0.15, -0.1) is 0 Å². The Hall–Kier alpha value is -3.09. The molecule has 7 nitrogen and oxygen atoms in total. The minimum absolute atomic E-state index is 0.350. The molecule has 7 heteroatoms. The highest BCUT2D eigenvalue weighted by Crippen LogP contribution is 2.38. The van der Waals surface area contributed by atoms with Gasteiger partial charge in [-0.05, 0) is 35.9 Å². The Bertz CT molecular complexity index is 763. The van der Waals surface area contributed by atoms with E-state index in [-0.39, 0.29) is 0 Å². The minimum atomic E-state index is 0.350. The van der Waals surface area contributed by atoms with Crippen molar-refractivity contribution in [3.8, 4) is 28.7 Å². The lowest BCUT2D eigenvalue weighted by atomic mass is 10.0. The maximum atomic E-state index is 9.51. The molecule has 26 heavy (non-hydrogen) atoms. The highest BCUT2D eigenvalue weighted by atomic mass is 16.5. The van der Waals surface area contributed by atoms with Crippen molar-refractivity contribution in [1.29, 1.82) is 0 Å². The number of rotatable bonds is 8. The molecule has 0 spiro atoms. The molecule has 0 amide bonds. The summed E-state index contributed by atoms with van der Waals surface area (Å²) in [6.45, 7) is 0. The van der Waals surface area contributed by atoms with Crippen molar-refractivity contribution in [2.24, 2.45) is 5.16 Å². The number of nitrogens with zero attached hydrogens (tertiary/aromatic N) is 1. The Morgan fingerprint density at radius 2 is 1.35 bits per heavy atom. The van der Waals surface area contributed by atoms with Gasteiger partial charge in [0.2, 0.25) is 5.75 Å². The first kappa shape index (κ1) is 19.2. The van der Waals surface area contributed by atoms with Crippen LogP contribution in [0.2, 0.25) is 0 Å². The van der Waals surface area contributed by atoms with Gasteiger partial charge in [0.1, 0.15) is 0 Å². The van der Waals surface area contributed by atoms with Gasteiger partial charge in [-0.1, -0.05) is 5.16 Å².